The minimum absolute atomic E-state index is 0.0496. The van der Waals surface area contributed by atoms with Gasteiger partial charge in [-0.1, -0.05) is 15.9 Å². The van der Waals surface area contributed by atoms with Crippen molar-refractivity contribution in [2.75, 3.05) is 7.11 Å². The third-order valence-corrected chi connectivity index (χ3v) is 5.25. The molecule has 0 radical (unpaired) electrons. The number of fused-ring (bicyclic) bond motifs is 1. The van der Waals surface area contributed by atoms with Gasteiger partial charge in [0.2, 0.25) is 0 Å². The molecule has 3 nitrogen and oxygen atoms in total. The molecule has 0 aromatic carbocycles. The normalized spacial score (nSPS) is 37.8. The minimum atomic E-state index is -1.60. The van der Waals surface area contributed by atoms with E-state index in [1.165, 1.54) is 10.1 Å². The topological polar surface area (TPSA) is 27.7 Å². The van der Waals surface area contributed by atoms with Gasteiger partial charge in [0.1, 0.15) is 6.10 Å². The van der Waals surface area contributed by atoms with Crippen LogP contribution in [-0.4, -0.2) is 33.4 Å². The van der Waals surface area contributed by atoms with E-state index in [9.17, 15) is 0 Å². The molecule has 2 aliphatic rings. The monoisotopic (exact) mass is 320 g/mol. The Morgan fingerprint density at radius 2 is 2.06 bits per heavy atom. The van der Waals surface area contributed by atoms with Crippen molar-refractivity contribution >= 4 is 24.2 Å². The molecule has 1 aliphatic heterocycles. The zero-order valence-corrected chi connectivity index (χ0v) is 13.8. The average Bonchev–Trinajstić information content (AvgIpc) is 2.61. The van der Waals surface area contributed by atoms with Gasteiger partial charge in [0.15, 0.2) is 14.6 Å². The Morgan fingerprint density at radius 3 is 2.59 bits per heavy atom. The summed E-state index contributed by atoms with van der Waals surface area (Å²) >= 11 is 3.64. The first-order valence-electron chi connectivity index (χ1n) is 6.01. The van der Waals surface area contributed by atoms with Gasteiger partial charge in [-0.25, -0.2) is 0 Å². The first kappa shape index (κ1) is 13.7. The molecule has 1 heterocycles. The van der Waals surface area contributed by atoms with E-state index in [4.69, 9.17) is 13.9 Å². The van der Waals surface area contributed by atoms with Crippen molar-refractivity contribution in [2.24, 2.45) is 0 Å². The lowest BCUT2D eigenvalue weighted by atomic mass is 9.95. The molecule has 0 aromatic heterocycles. The van der Waals surface area contributed by atoms with E-state index in [2.05, 4.69) is 42.5 Å². The predicted octanol–water partition coefficient (Wildman–Crippen LogP) is 3.41. The number of rotatable bonds is 3. The van der Waals surface area contributed by atoms with Crippen LogP contribution in [0, 0.1) is 0 Å². The second-order valence-electron chi connectivity index (χ2n) is 5.93. The summed E-state index contributed by atoms with van der Waals surface area (Å²) in [6, 6.07) is 0. The zero-order valence-electron chi connectivity index (χ0n) is 11.2. The number of hydrogen-bond acceptors (Lipinski definition) is 3. The Balaban J connectivity index is 2.25. The molecule has 0 unspecified atom stereocenters. The summed E-state index contributed by atoms with van der Waals surface area (Å²) in [4.78, 5) is 0. The molecule has 5 heteroatoms. The van der Waals surface area contributed by atoms with E-state index in [1.54, 1.807) is 7.11 Å². The van der Waals surface area contributed by atoms with E-state index in [-0.39, 0.29) is 18.0 Å². The molecule has 0 aromatic rings. The van der Waals surface area contributed by atoms with Crippen molar-refractivity contribution in [3.63, 3.8) is 0 Å². The summed E-state index contributed by atoms with van der Waals surface area (Å²) in [6.07, 6.45) is 1.65. The van der Waals surface area contributed by atoms with Crippen LogP contribution in [0.3, 0.4) is 0 Å². The van der Waals surface area contributed by atoms with Crippen LogP contribution in [0.5, 0.6) is 0 Å². The van der Waals surface area contributed by atoms with Crippen molar-refractivity contribution in [2.45, 2.75) is 57.4 Å². The number of ether oxygens (including phenoxy) is 2. The summed E-state index contributed by atoms with van der Waals surface area (Å²) in [5.74, 6) is 0. The second-order valence-corrected chi connectivity index (χ2v) is 11.3. The lowest BCUT2D eigenvalue weighted by Gasteiger charge is -2.35. The molecule has 0 N–H and O–H groups in total. The zero-order chi connectivity index (χ0) is 12.8. The molecule has 0 saturated carbocycles. The van der Waals surface area contributed by atoms with Crippen molar-refractivity contribution in [1.82, 2.24) is 0 Å². The molecular weight excluding hydrogens is 300 g/mol. The third-order valence-electron chi connectivity index (χ3n) is 3.33. The lowest BCUT2D eigenvalue weighted by molar-refractivity contribution is -0.109. The summed E-state index contributed by atoms with van der Waals surface area (Å²) < 4.78 is 19.0. The third kappa shape index (κ3) is 2.54. The summed E-state index contributed by atoms with van der Waals surface area (Å²) in [5, 5.41) is 0. The Kier molecular flexibility index (Phi) is 3.60. The van der Waals surface area contributed by atoms with Gasteiger partial charge >= 0.3 is 0 Å². The number of methoxy groups -OCH3 is 1. The highest BCUT2D eigenvalue weighted by Gasteiger charge is 2.56. The fraction of sp³-hybridized carbons (Fsp3) is 0.833. The molecule has 3 atom stereocenters. The van der Waals surface area contributed by atoms with E-state index in [0.29, 0.717) is 0 Å². The van der Waals surface area contributed by atoms with Crippen molar-refractivity contribution in [3.05, 3.63) is 10.1 Å². The maximum atomic E-state index is 6.45. The van der Waals surface area contributed by atoms with Gasteiger partial charge < -0.3 is 13.9 Å². The van der Waals surface area contributed by atoms with Gasteiger partial charge in [-0.15, -0.1) is 0 Å². The Morgan fingerprint density at radius 1 is 1.41 bits per heavy atom. The van der Waals surface area contributed by atoms with Gasteiger partial charge in [-0.05, 0) is 36.6 Å². The summed E-state index contributed by atoms with van der Waals surface area (Å²) in [6.45, 7) is 8.78. The summed E-state index contributed by atoms with van der Waals surface area (Å²) in [5.41, 5.74) is 1.05. The predicted molar refractivity (Wildman–Crippen MR) is 73.7 cm³/mol. The molecule has 0 spiro atoms. The SMILES string of the molecule is CO[C@H]1C[C@@]2(O[Si](C)(C)C)CC(Br)=C(C)[C@H]2O1. The van der Waals surface area contributed by atoms with Crippen LogP contribution in [0.2, 0.25) is 19.6 Å². The smallest absolute Gasteiger partial charge is 0.184 e. The van der Waals surface area contributed by atoms with Crippen LogP contribution in [-0.2, 0) is 13.9 Å². The van der Waals surface area contributed by atoms with E-state index < -0.39 is 8.32 Å². The molecule has 2 rings (SSSR count). The average molecular weight is 321 g/mol. The Labute approximate surface area is 113 Å². The van der Waals surface area contributed by atoms with Gasteiger partial charge in [0.25, 0.3) is 0 Å². The number of halogens is 1. The Hall–Kier alpha value is 0.317. The standard InChI is InChI=1S/C12H21BrO3Si/c1-8-9(13)6-12(16-17(3,4)5)7-10(14-2)15-11(8)12/h10-11H,6-7H2,1-5H3/t10-,11-,12+/m1/s1. The van der Waals surface area contributed by atoms with Crippen molar-refractivity contribution in [3.8, 4) is 0 Å². The van der Waals surface area contributed by atoms with Gasteiger partial charge in [-0.3, -0.25) is 0 Å². The highest BCUT2D eigenvalue weighted by molar-refractivity contribution is 9.11. The van der Waals surface area contributed by atoms with Crippen LogP contribution in [0.15, 0.2) is 10.1 Å². The molecule has 0 bridgehead atoms. The maximum absolute atomic E-state index is 6.45. The minimum Gasteiger partial charge on any atom is -0.409 e. The summed E-state index contributed by atoms with van der Waals surface area (Å²) in [7, 11) is 0.0945. The first-order chi connectivity index (χ1) is 7.77. The van der Waals surface area contributed by atoms with Gasteiger partial charge in [-0.2, -0.15) is 0 Å². The van der Waals surface area contributed by atoms with Crippen LogP contribution in [0.1, 0.15) is 19.8 Å². The van der Waals surface area contributed by atoms with Crippen LogP contribution >= 0.6 is 15.9 Å². The maximum Gasteiger partial charge on any atom is 0.184 e. The van der Waals surface area contributed by atoms with Crippen LogP contribution in [0.25, 0.3) is 0 Å². The molecule has 1 saturated heterocycles. The molecule has 1 aliphatic carbocycles. The molecule has 1 fully saturated rings. The van der Waals surface area contributed by atoms with Crippen molar-refractivity contribution in [1.29, 1.82) is 0 Å². The molecule has 98 valence electrons. The van der Waals surface area contributed by atoms with Crippen molar-refractivity contribution < 1.29 is 13.9 Å². The van der Waals surface area contributed by atoms with Crippen LogP contribution in [0.4, 0.5) is 0 Å². The van der Waals surface area contributed by atoms with E-state index >= 15 is 0 Å². The fourth-order valence-electron chi connectivity index (χ4n) is 2.80. The molecule has 0 amide bonds. The number of hydrogen-bond donors (Lipinski definition) is 0. The van der Waals surface area contributed by atoms with Gasteiger partial charge in [0.05, 0.1) is 5.60 Å². The lowest BCUT2D eigenvalue weighted by Crippen LogP contribution is -2.46. The largest absolute Gasteiger partial charge is 0.409 e. The highest BCUT2D eigenvalue weighted by atomic mass is 79.9. The quantitative estimate of drug-likeness (QED) is 0.746. The molecular formula is C12H21BrO3Si. The Bertz CT molecular complexity index is 350. The second kappa shape index (κ2) is 4.45. The molecule has 17 heavy (non-hydrogen) atoms. The van der Waals surface area contributed by atoms with E-state index in [0.717, 1.165) is 12.8 Å². The van der Waals surface area contributed by atoms with E-state index in [1.807, 2.05) is 0 Å². The first-order valence-corrected chi connectivity index (χ1v) is 10.2. The van der Waals surface area contributed by atoms with Gasteiger partial charge in [0, 0.05) is 20.0 Å². The fourth-order valence-corrected chi connectivity index (χ4v) is 4.96. The highest BCUT2D eigenvalue weighted by Crippen LogP contribution is 2.51. The van der Waals surface area contributed by atoms with Crippen LogP contribution < -0.4 is 0 Å².